The maximum absolute atomic E-state index is 12.0. The van der Waals surface area contributed by atoms with E-state index in [9.17, 15) is 22.8 Å². The molecule has 6 nitrogen and oxygen atoms in total. The van der Waals surface area contributed by atoms with Gasteiger partial charge in [0.15, 0.2) is 0 Å². The van der Waals surface area contributed by atoms with Crippen LogP contribution in [0.5, 0.6) is 5.75 Å². The van der Waals surface area contributed by atoms with Gasteiger partial charge in [0.05, 0.1) is 5.92 Å². The van der Waals surface area contributed by atoms with E-state index in [1.807, 2.05) is 13.8 Å². The molecule has 0 radical (unpaired) electrons. The molecule has 0 bridgehead atoms. The molecule has 9 heteroatoms. The van der Waals surface area contributed by atoms with Crippen LogP contribution in [0.15, 0.2) is 24.3 Å². The topological polar surface area (TPSA) is 87.7 Å². The van der Waals surface area contributed by atoms with Crippen molar-refractivity contribution in [3.63, 3.8) is 0 Å². The van der Waals surface area contributed by atoms with Gasteiger partial charge in [-0.25, -0.2) is 4.79 Å². The van der Waals surface area contributed by atoms with Crippen LogP contribution in [0, 0.1) is 11.8 Å². The number of carbonyl (C=O) groups is 2. The van der Waals surface area contributed by atoms with Crippen molar-refractivity contribution in [3.8, 4) is 5.75 Å². The number of hydrogen-bond donors (Lipinski definition) is 3. The first-order valence-corrected chi connectivity index (χ1v) is 7.20. The molecule has 0 spiro atoms. The van der Waals surface area contributed by atoms with Crippen molar-refractivity contribution in [1.82, 2.24) is 5.32 Å². The van der Waals surface area contributed by atoms with E-state index in [-0.39, 0.29) is 18.2 Å². The Labute approximate surface area is 137 Å². The molecule has 1 aromatic carbocycles. The van der Waals surface area contributed by atoms with E-state index < -0.39 is 30.0 Å². The number of urea groups is 1. The molecule has 0 saturated heterocycles. The van der Waals surface area contributed by atoms with Gasteiger partial charge in [-0.2, -0.15) is 0 Å². The minimum atomic E-state index is -4.78. The molecule has 0 heterocycles. The summed E-state index contributed by atoms with van der Waals surface area (Å²) in [5.41, 5.74) is 0.248. The van der Waals surface area contributed by atoms with Gasteiger partial charge in [0.1, 0.15) is 5.75 Å². The highest BCUT2D eigenvalue weighted by Gasteiger charge is 2.31. The molecule has 0 aromatic heterocycles. The Morgan fingerprint density at radius 1 is 1.21 bits per heavy atom. The van der Waals surface area contributed by atoms with E-state index in [1.165, 1.54) is 12.1 Å². The van der Waals surface area contributed by atoms with Crippen LogP contribution in [0.3, 0.4) is 0 Å². The van der Waals surface area contributed by atoms with Crippen molar-refractivity contribution < 1.29 is 32.6 Å². The third-order valence-electron chi connectivity index (χ3n) is 2.96. The lowest BCUT2D eigenvalue weighted by Gasteiger charge is -2.16. The molecule has 1 unspecified atom stereocenters. The normalized spacial score (nSPS) is 12.6. The number of carboxylic acids is 1. The van der Waals surface area contributed by atoms with Crippen LogP contribution in [0.25, 0.3) is 0 Å². The average molecular weight is 348 g/mol. The molecule has 24 heavy (non-hydrogen) atoms. The van der Waals surface area contributed by atoms with Gasteiger partial charge in [-0.05, 0) is 36.6 Å². The van der Waals surface area contributed by atoms with Crippen LogP contribution in [-0.4, -0.2) is 30.0 Å². The van der Waals surface area contributed by atoms with E-state index in [0.717, 1.165) is 12.1 Å². The second kappa shape index (κ2) is 8.42. The molecule has 1 aromatic rings. The number of halogens is 3. The number of rotatable bonds is 7. The largest absolute Gasteiger partial charge is 0.573 e. The van der Waals surface area contributed by atoms with Crippen molar-refractivity contribution >= 4 is 17.7 Å². The fraction of sp³-hybridized carbons (Fsp3) is 0.467. The van der Waals surface area contributed by atoms with E-state index in [4.69, 9.17) is 5.11 Å². The lowest BCUT2D eigenvalue weighted by Crippen LogP contribution is -2.36. The monoisotopic (exact) mass is 348 g/mol. The molecule has 1 rings (SSSR count). The highest BCUT2D eigenvalue weighted by Crippen LogP contribution is 2.23. The summed E-state index contributed by atoms with van der Waals surface area (Å²) in [6.07, 6.45) is -4.37. The summed E-state index contributed by atoms with van der Waals surface area (Å²) in [4.78, 5) is 22.8. The predicted molar refractivity (Wildman–Crippen MR) is 80.7 cm³/mol. The number of alkyl halides is 3. The molecule has 0 aliphatic rings. The van der Waals surface area contributed by atoms with Gasteiger partial charge in [-0.15, -0.1) is 13.2 Å². The Kier molecular flexibility index (Phi) is 6.87. The number of benzene rings is 1. The first-order valence-electron chi connectivity index (χ1n) is 7.20. The van der Waals surface area contributed by atoms with E-state index in [0.29, 0.717) is 6.42 Å². The zero-order chi connectivity index (χ0) is 18.3. The number of ether oxygens (including phenoxy) is 1. The summed E-state index contributed by atoms with van der Waals surface area (Å²) < 4.78 is 39.8. The zero-order valence-corrected chi connectivity index (χ0v) is 13.2. The Balaban J connectivity index is 2.51. The first kappa shape index (κ1) is 19.6. The summed E-state index contributed by atoms with van der Waals surface area (Å²) >= 11 is 0. The zero-order valence-electron chi connectivity index (χ0n) is 13.2. The average Bonchev–Trinajstić information content (AvgIpc) is 2.43. The highest BCUT2D eigenvalue weighted by molar-refractivity contribution is 5.89. The van der Waals surface area contributed by atoms with Crippen LogP contribution in [0.4, 0.5) is 23.7 Å². The molecule has 3 N–H and O–H groups in total. The summed E-state index contributed by atoms with van der Waals surface area (Å²) in [6, 6.07) is 3.95. The molecule has 0 aliphatic heterocycles. The van der Waals surface area contributed by atoms with Crippen molar-refractivity contribution in [2.24, 2.45) is 11.8 Å². The minimum absolute atomic E-state index is 0.0470. The van der Waals surface area contributed by atoms with Crippen LogP contribution in [0.2, 0.25) is 0 Å². The summed E-state index contributed by atoms with van der Waals surface area (Å²) in [5, 5.41) is 13.9. The molecule has 0 fully saturated rings. The van der Waals surface area contributed by atoms with Crippen LogP contribution in [0.1, 0.15) is 20.3 Å². The maximum Gasteiger partial charge on any atom is 0.573 e. The van der Waals surface area contributed by atoms with Crippen LogP contribution in [-0.2, 0) is 4.79 Å². The van der Waals surface area contributed by atoms with E-state index >= 15 is 0 Å². The second-order valence-electron chi connectivity index (χ2n) is 5.57. The highest BCUT2D eigenvalue weighted by atomic mass is 19.4. The van der Waals surface area contributed by atoms with Gasteiger partial charge in [-0.1, -0.05) is 13.8 Å². The van der Waals surface area contributed by atoms with Crippen LogP contribution >= 0.6 is 0 Å². The SMILES string of the molecule is CC(C)CC(CNC(=O)Nc1ccc(OC(F)(F)F)cc1)C(=O)O. The second-order valence-corrected chi connectivity index (χ2v) is 5.57. The van der Waals surface area contributed by atoms with Crippen LogP contribution < -0.4 is 15.4 Å². The van der Waals surface area contributed by atoms with Gasteiger partial charge < -0.3 is 20.5 Å². The maximum atomic E-state index is 12.0. The lowest BCUT2D eigenvalue weighted by molar-refractivity contribution is -0.274. The third kappa shape index (κ3) is 7.70. The molecule has 134 valence electrons. The Hall–Kier alpha value is -2.45. The Morgan fingerprint density at radius 2 is 1.79 bits per heavy atom. The standard InChI is InChI=1S/C15H19F3N2O4/c1-9(2)7-10(13(21)22)8-19-14(23)20-11-3-5-12(6-4-11)24-15(16,17)18/h3-6,9-10H,7-8H2,1-2H3,(H,21,22)(H2,19,20,23). The molecular formula is C15H19F3N2O4. The fourth-order valence-electron chi connectivity index (χ4n) is 1.97. The molecule has 1 atom stereocenters. The van der Waals surface area contributed by atoms with Gasteiger partial charge in [0.2, 0.25) is 0 Å². The number of aliphatic carboxylic acids is 1. The summed E-state index contributed by atoms with van der Waals surface area (Å²) in [6.45, 7) is 3.70. The number of hydrogen-bond acceptors (Lipinski definition) is 3. The number of nitrogens with one attached hydrogen (secondary N) is 2. The van der Waals surface area contributed by atoms with Gasteiger partial charge in [0.25, 0.3) is 0 Å². The summed E-state index contributed by atoms with van der Waals surface area (Å²) in [7, 11) is 0. The number of carbonyl (C=O) groups excluding carboxylic acids is 1. The van der Waals surface area contributed by atoms with Crippen molar-refractivity contribution in [2.75, 3.05) is 11.9 Å². The number of amides is 2. The van der Waals surface area contributed by atoms with E-state index in [1.54, 1.807) is 0 Å². The molecule has 0 saturated carbocycles. The smallest absolute Gasteiger partial charge is 0.481 e. The molecule has 0 aliphatic carbocycles. The fourth-order valence-corrected chi connectivity index (χ4v) is 1.97. The third-order valence-corrected chi connectivity index (χ3v) is 2.96. The number of anilines is 1. The first-order chi connectivity index (χ1) is 11.1. The van der Waals surface area contributed by atoms with Crippen molar-refractivity contribution in [3.05, 3.63) is 24.3 Å². The Bertz CT molecular complexity index is 559. The van der Waals surface area contributed by atoms with Crippen molar-refractivity contribution in [1.29, 1.82) is 0 Å². The quantitative estimate of drug-likeness (QED) is 0.704. The summed E-state index contributed by atoms with van der Waals surface area (Å²) in [5.74, 6) is -1.95. The lowest BCUT2D eigenvalue weighted by atomic mass is 9.97. The number of carboxylic acid groups (broad SMARTS) is 1. The predicted octanol–water partition coefficient (Wildman–Crippen LogP) is 3.45. The van der Waals surface area contributed by atoms with Crippen molar-refractivity contribution in [2.45, 2.75) is 26.6 Å². The van der Waals surface area contributed by atoms with Gasteiger partial charge in [-0.3, -0.25) is 4.79 Å². The van der Waals surface area contributed by atoms with Gasteiger partial charge >= 0.3 is 18.4 Å². The molecule has 2 amide bonds. The molecular weight excluding hydrogens is 329 g/mol. The Morgan fingerprint density at radius 3 is 2.25 bits per heavy atom. The van der Waals surface area contributed by atoms with Gasteiger partial charge in [0, 0.05) is 12.2 Å². The minimum Gasteiger partial charge on any atom is -0.481 e. The van der Waals surface area contributed by atoms with E-state index in [2.05, 4.69) is 15.4 Å².